The zero-order valence-corrected chi connectivity index (χ0v) is 38.4. The number of carbonyl (C=O) groups is 7. The first kappa shape index (κ1) is 48.5. The van der Waals surface area contributed by atoms with Gasteiger partial charge < -0.3 is 35.1 Å². The minimum absolute atomic E-state index is 0.0336. The first-order valence-electron chi connectivity index (χ1n) is 22.6. The van der Waals surface area contributed by atoms with Gasteiger partial charge in [0, 0.05) is 59.6 Å². The van der Waals surface area contributed by atoms with E-state index in [4.69, 9.17) is 14.5 Å². The Morgan fingerprint density at radius 1 is 0.970 bits per heavy atom. The normalized spacial score (nSPS) is 17.4. The van der Waals surface area contributed by atoms with Crippen LogP contribution in [-0.4, -0.2) is 82.0 Å². The number of esters is 1. The summed E-state index contributed by atoms with van der Waals surface area (Å²) in [6.07, 6.45) is 0.683. The van der Waals surface area contributed by atoms with Gasteiger partial charge in [-0.05, 0) is 60.9 Å². The van der Waals surface area contributed by atoms with Gasteiger partial charge in [0.1, 0.15) is 24.8 Å². The highest BCUT2D eigenvalue weighted by Gasteiger charge is 2.46. The van der Waals surface area contributed by atoms with Crippen molar-refractivity contribution in [1.29, 1.82) is 0 Å². The summed E-state index contributed by atoms with van der Waals surface area (Å²) in [6.45, 7) is 7.20. The first-order valence-corrected chi connectivity index (χ1v) is 22.6. The molecule has 4 N–H and O–H groups in total. The lowest BCUT2D eigenvalue weighted by Gasteiger charge is -2.31. The molecule has 0 bridgehead atoms. The van der Waals surface area contributed by atoms with Gasteiger partial charge in [0.25, 0.3) is 5.56 Å². The second kappa shape index (κ2) is 19.8. The molecule has 2 aromatic heterocycles. The number of fused-ring (bicyclic) bond motifs is 5. The average molecular weight is 922 g/mol. The summed E-state index contributed by atoms with van der Waals surface area (Å²) < 4.78 is 27.6. The first-order chi connectivity index (χ1) is 31.8. The van der Waals surface area contributed by atoms with Crippen molar-refractivity contribution in [3.05, 3.63) is 97.6 Å². The van der Waals surface area contributed by atoms with E-state index in [1.807, 2.05) is 18.2 Å². The third-order valence-corrected chi connectivity index (χ3v) is 13.0. The molecule has 3 amide bonds. The monoisotopic (exact) mass is 921 g/mol. The minimum atomic E-state index is -2.03. The fourth-order valence-corrected chi connectivity index (χ4v) is 9.10. The predicted octanol–water partition coefficient (Wildman–Crippen LogP) is 4.05. The maximum absolute atomic E-state index is 15.3. The number of Topliss-reactive ketones (excluding diaryl/α,β-unsaturated/α-hetero) is 3. The number of hydrogen-bond donors (Lipinski definition) is 4. The third-order valence-electron chi connectivity index (χ3n) is 13.0. The van der Waals surface area contributed by atoms with E-state index in [-0.39, 0.29) is 99.8 Å². The van der Waals surface area contributed by atoms with Crippen LogP contribution in [0.25, 0.3) is 22.3 Å². The predicted molar refractivity (Wildman–Crippen MR) is 242 cm³/mol. The van der Waals surface area contributed by atoms with Crippen LogP contribution in [0.1, 0.15) is 111 Å². The highest BCUT2D eigenvalue weighted by molar-refractivity contribution is 5.95. The van der Waals surface area contributed by atoms with Gasteiger partial charge in [-0.3, -0.25) is 33.6 Å². The molecule has 7 rings (SSSR count). The molecule has 0 spiro atoms. The van der Waals surface area contributed by atoms with Gasteiger partial charge in [-0.25, -0.2) is 14.2 Å². The van der Waals surface area contributed by atoms with Crippen molar-refractivity contribution >= 4 is 51.9 Å². The van der Waals surface area contributed by atoms with Crippen LogP contribution in [0, 0.1) is 24.1 Å². The van der Waals surface area contributed by atoms with Gasteiger partial charge in [-0.15, -0.1) is 0 Å². The largest absolute Gasteiger partial charge is 0.458 e. The number of aryl methyl sites for hydroxylation is 1. The number of nitrogens with one attached hydrogen (secondary N) is 3. The maximum atomic E-state index is 15.3. The summed E-state index contributed by atoms with van der Waals surface area (Å²) in [7, 11) is 0. The van der Waals surface area contributed by atoms with Gasteiger partial charge in [0.05, 0.1) is 54.8 Å². The molecule has 2 aliphatic heterocycles. The Morgan fingerprint density at radius 2 is 1.70 bits per heavy atom. The summed E-state index contributed by atoms with van der Waals surface area (Å²) in [4.78, 5) is 109. The number of aromatic nitrogens is 2. The summed E-state index contributed by atoms with van der Waals surface area (Å²) in [6, 6.07) is 11.4. The minimum Gasteiger partial charge on any atom is -0.458 e. The molecule has 1 aliphatic carbocycles. The molecule has 3 atom stereocenters. The Bertz CT molecular complexity index is 2740. The number of benzene rings is 2. The Balaban J connectivity index is 0.956. The number of carbonyl (C=O) groups excluding carboxylic acids is 7. The molecule has 0 unspecified atom stereocenters. The fraction of sp³-hybridized carbons (Fsp3) is 0.460. The molecule has 17 heteroatoms. The van der Waals surface area contributed by atoms with Crippen LogP contribution in [-0.2, 0) is 74.6 Å². The number of ether oxygens (including phenoxy) is 2. The topological polar surface area (TPSA) is 229 Å². The molecule has 0 saturated carbocycles. The number of hydrogen-bond acceptors (Lipinski definition) is 12. The van der Waals surface area contributed by atoms with Crippen molar-refractivity contribution in [2.45, 2.75) is 111 Å². The molecule has 0 radical (unpaired) electrons. The Kier molecular flexibility index (Phi) is 14.3. The van der Waals surface area contributed by atoms with Gasteiger partial charge >= 0.3 is 5.97 Å². The van der Waals surface area contributed by atoms with E-state index in [1.165, 1.54) is 10.6 Å². The molecule has 2 aromatic carbocycles. The van der Waals surface area contributed by atoms with Gasteiger partial charge in [0.2, 0.25) is 17.7 Å². The van der Waals surface area contributed by atoms with Crippen molar-refractivity contribution in [2.24, 2.45) is 11.3 Å². The molecule has 4 aromatic rings. The van der Waals surface area contributed by atoms with E-state index in [1.54, 1.807) is 52.8 Å². The molecule has 3 aliphatic rings. The number of halogens is 1. The van der Waals surface area contributed by atoms with Crippen molar-refractivity contribution in [3.8, 4) is 11.4 Å². The number of aliphatic hydroxyl groups is 1. The molecule has 354 valence electrons. The lowest BCUT2D eigenvalue weighted by molar-refractivity contribution is -0.172. The van der Waals surface area contributed by atoms with Crippen LogP contribution in [0.5, 0.6) is 0 Å². The number of ketones is 3. The number of rotatable bonds is 19. The maximum Gasteiger partial charge on any atom is 0.343 e. The lowest BCUT2D eigenvalue weighted by Crippen LogP contribution is -2.44. The molecule has 0 fully saturated rings. The van der Waals surface area contributed by atoms with E-state index in [2.05, 4.69) is 16.0 Å². The van der Waals surface area contributed by atoms with Crippen LogP contribution in [0.3, 0.4) is 0 Å². The van der Waals surface area contributed by atoms with E-state index in [9.17, 15) is 43.5 Å². The number of cyclic esters (lactones) is 1. The quantitative estimate of drug-likeness (QED) is 0.0680. The number of pyridine rings is 2. The third kappa shape index (κ3) is 10.3. The summed E-state index contributed by atoms with van der Waals surface area (Å²) in [5.74, 6) is -4.41. The van der Waals surface area contributed by atoms with Crippen LogP contribution >= 0.6 is 0 Å². The van der Waals surface area contributed by atoms with E-state index < -0.39 is 64.7 Å². The lowest BCUT2D eigenvalue weighted by atomic mass is 9.81. The van der Waals surface area contributed by atoms with Gasteiger partial charge in [-0.1, -0.05) is 58.0 Å². The van der Waals surface area contributed by atoms with Crippen LogP contribution < -0.4 is 21.5 Å². The van der Waals surface area contributed by atoms with E-state index in [0.29, 0.717) is 51.8 Å². The van der Waals surface area contributed by atoms with Crippen LogP contribution in [0.4, 0.5) is 4.39 Å². The molecule has 67 heavy (non-hydrogen) atoms. The van der Waals surface area contributed by atoms with Gasteiger partial charge in [0.15, 0.2) is 17.2 Å². The smallest absolute Gasteiger partial charge is 0.343 e. The standard InChI is InChI=1S/C50H56FN5O11/c1-6-50(65)35-20-39-45-33(24-56(39)47(63)34(35)25-67-48(50)64)44-37(13-12-32-27(2)36(51)21-38(55-45)43(32)44)54-42(61)26-66-17-16-30(57)22-53-46(62)29(18-28-10-8-7-9-11-28)19-31(58)23-52-41(60)15-14-40(59)49(3,4)5/h7-11,20-21,29,37,65H,6,12-19,22-26H2,1-5H3,(H,52,60)(H,53,62)(H,54,61)/t29-,37+,50+/m1/s1. The molecule has 0 saturated heterocycles. The SMILES string of the molecule is CC[C@@]1(O)C(=O)OCc2c1cc1n(c2=O)Cc2c-1nc1cc(F)c(C)c3c1c2[C@@H](NC(=O)COCCC(=O)CNC(=O)[C@@H](CC(=O)CNC(=O)CCC(=O)C(C)(C)C)Cc1ccccc1)CC3. The molecule has 4 heterocycles. The molecular formula is C50H56FN5O11. The van der Waals surface area contributed by atoms with E-state index >= 15 is 4.39 Å². The fourth-order valence-electron chi connectivity index (χ4n) is 9.10. The Morgan fingerprint density at radius 3 is 2.42 bits per heavy atom. The summed E-state index contributed by atoms with van der Waals surface area (Å²) >= 11 is 0. The second-order valence-electron chi connectivity index (χ2n) is 18.6. The molecule has 16 nitrogen and oxygen atoms in total. The zero-order valence-electron chi connectivity index (χ0n) is 38.4. The highest BCUT2D eigenvalue weighted by atomic mass is 19.1. The summed E-state index contributed by atoms with van der Waals surface area (Å²) in [5.41, 5.74) is 1.63. The number of nitrogens with zero attached hydrogens (tertiary/aromatic N) is 2. The summed E-state index contributed by atoms with van der Waals surface area (Å²) in [5, 5.41) is 20.2. The van der Waals surface area contributed by atoms with Crippen LogP contribution in [0.15, 0.2) is 47.3 Å². The van der Waals surface area contributed by atoms with Crippen molar-refractivity contribution in [3.63, 3.8) is 0 Å². The zero-order chi connectivity index (χ0) is 48.4. The van der Waals surface area contributed by atoms with Crippen LogP contribution in [0.2, 0.25) is 0 Å². The highest BCUT2D eigenvalue weighted by Crippen LogP contribution is 2.46. The average Bonchev–Trinajstić information content (AvgIpc) is 3.67. The second-order valence-corrected chi connectivity index (χ2v) is 18.6. The van der Waals surface area contributed by atoms with Crippen molar-refractivity contribution < 1.29 is 52.5 Å². The van der Waals surface area contributed by atoms with Crippen molar-refractivity contribution in [2.75, 3.05) is 26.3 Å². The molecular weight excluding hydrogens is 866 g/mol. The van der Waals surface area contributed by atoms with E-state index in [0.717, 1.165) is 11.1 Å². The Labute approximate surface area is 386 Å². The number of amides is 3. The Hall–Kier alpha value is -6.46. The van der Waals surface area contributed by atoms with Crippen molar-refractivity contribution in [1.82, 2.24) is 25.5 Å². The van der Waals surface area contributed by atoms with Gasteiger partial charge in [-0.2, -0.15) is 0 Å².